The molecule has 26 heavy (non-hydrogen) atoms. The van der Waals surface area contributed by atoms with Gasteiger partial charge >= 0.3 is 0 Å². The van der Waals surface area contributed by atoms with Gasteiger partial charge in [0.05, 0.1) is 5.60 Å². The Morgan fingerprint density at radius 3 is 2.27 bits per heavy atom. The molecule has 0 saturated carbocycles. The maximum Gasteiger partial charge on any atom is 0.276 e. The van der Waals surface area contributed by atoms with Crippen LogP contribution in [0.3, 0.4) is 0 Å². The number of benzene rings is 2. The van der Waals surface area contributed by atoms with E-state index in [2.05, 4.69) is 5.16 Å². The molecule has 0 unspecified atom stereocenters. The minimum absolute atomic E-state index is 0.161. The van der Waals surface area contributed by atoms with E-state index in [9.17, 15) is 9.90 Å². The van der Waals surface area contributed by atoms with Gasteiger partial charge in [0, 0.05) is 24.7 Å². The van der Waals surface area contributed by atoms with Crippen molar-refractivity contribution in [3.63, 3.8) is 0 Å². The lowest BCUT2D eigenvalue weighted by Gasteiger charge is -2.38. The quantitative estimate of drug-likeness (QED) is 0.787. The number of carbonyl (C=O) groups excluding carboxylic acids is 1. The highest BCUT2D eigenvalue weighted by Crippen LogP contribution is 2.33. The van der Waals surface area contributed by atoms with E-state index in [0.29, 0.717) is 37.4 Å². The van der Waals surface area contributed by atoms with E-state index in [4.69, 9.17) is 4.52 Å². The molecule has 0 aliphatic carbocycles. The van der Waals surface area contributed by atoms with Crippen LogP contribution in [0.4, 0.5) is 0 Å². The van der Waals surface area contributed by atoms with Crippen molar-refractivity contribution in [1.29, 1.82) is 0 Å². The molecular weight excluding hydrogens is 328 g/mol. The highest BCUT2D eigenvalue weighted by molar-refractivity contribution is 5.93. The van der Waals surface area contributed by atoms with Crippen LogP contribution in [0.25, 0.3) is 11.3 Å². The zero-order chi connectivity index (χ0) is 18.0. The molecule has 2 aromatic carbocycles. The zero-order valence-corrected chi connectivity index (χ0v) is 14.3. The molecule has 132 valence electrons. The third-order valence-corrected chi connectivity index (χ3v) is 4.98. The first kappa shape index (κ1) is 16.5. The summed E-state index contributed by atoms with van der Waals surface area (Å²) in [5.41, 5.74) is 1.21. The van der Waals surface area contributed by atoms with E-state index in [1.807, 2.05) is 60.7 Å². The minimum Gasteiger partial charge on any atom is -0.385 e. The van der Waals surface area contributed by atoms with E-state index in [1.165, 1.54) is 0 Å². The number of piperidine rings is 1. The third-order valence-electron chi connectivity index (χ3n) is 4.98. The van der Waals surface area contributed by atoms with E-state index >= 15 is 0 Å². The second-order valence-electron chi connectivity index (χ2n) is 6.63. The highest BCUT2D eigenvalue weighted by Gasteiger charge is 2.36. The van der Waals surface area contributed by atoms with Gasteiger partial charge in [0.25, 0.3) is 5.91 Å². The largest absolute Gasteiger partial charge is 0.385 e. The molecule has 2 heterocycles. The Labute approximate surface area is 151 Å². The number of hydrogen-bond acceptors (Lipinski definition) is 4. The molecule has 1 aliphatic rings. The summed E-state index contributed by atoms with van der Waals surface area (Å²) in [6, 6.07) is 20.9. The first-order valence-electron chi connectivity index (χ1n) is 8.75. The van der Waals surface area contributed by atoms with Gasteiger partial charge in [0.2, 0.25) is 0 Å². The Morgan fingerprint density at radius 2 is 1.62 bits per heavy atom. The highest BCUT2D eigenvalue weighted by atomic mass is 16.5. The van der Waals surface area contributed by atoms with Crippen molar-refractivity contribution < 1.29 is 14.4 Å². The van der Waals surface area contributed by atoms with Gasteiger partial charge in [-0.05, 0) is 18.4 Å². The van der Waals surface area contributed by atoms with Crippen LogP contribution < -0.4 is 0 Å². The SMILES string of the molecule is O=C(c1cc(-c2ccccc2)on1)N1CCC(O)(c2ccccc2)CC1. The maximum absolute atomic E-state index is 12.7. The topological polar surface area (TPSA) is 66.6 Å². The Bertz CT molecular complexity index is 882. The molecule has 1 aromatic heterocycles. The average Bonchev–Trinajstić information content (AvgIpc) is 3.20. The zero-order valence-electron chi connectivity index (χ0n) is 14.3. The van der Waals surface area contributed by atoms with Crippen molar-refractivity contribution in [3.05, 3.63) is 78.0 Å². The molecule has 4 rings (SSSR count). The number of carbonyl (C=O) groups is 1. The minimum atomic E-state index is -0.878. The first-order valence-corrected chi connectivity index (χ1v) is 8.75. The van der Waals surface area contributed by atoms with Gasteiger partial charge in [-0.2, -0.15) is 0 Å². The van der Waals surface area contributed by atoms with Crippen molar-refractivity contribution in [3.8, 4) is 11.3 Å². The number of amides is 1. The predicted molar refractivity (Wildman–Crippen MR) is 97.4 cm³/mol. The van der Waals surface area contributed by atoms with Crippen molar-refractivity contribution in [2.75, 3.05) is 13.1 Å². The van der Waals surface area contributed by atoms with Crippen LogP contribution >= 0.6 is 0 Å². The number of hydrogen-bond donors (Lipinski definition) is 1. The Balaban J connectivity index is 1.45. The molecule has 0 spiro atoms. The fraction of sp³-hybridized carbons (Fsp3) is 0.238. The first-order chi connectivity index (χ1) is 12.7. The number of aliphatic hydroxyl groups is 1. The molecule has 1 fully saturated rings. The fourth-order valence-corrected chi connectivity index (χ4v) is 3.39. The van der Waals surface area contributed by atoms with Crippen molar-refractivity contribution in [2.45, 2.75) is 18.4 Å². The molecular formula is C21H20N2O3. The molecule has 1 saturated heterocycles. The lowest BCUT2D eigenvalue weighted by atomic mass is 9.84. The number of aromatic nitrogens is 1. The lowest BCUT2D eigenvalue weighted by Crippen LogP contribution is -2.45. The van der Waals surface area contributed by atoms with Crippen LogP contribution in [0.15, 0.2) is 71.3 Å². The van der Waals surface area contributed by atoms with E-state index < -0.39 is 5.60 Å². The summed E-state index contributed by atoms with van der Waals surface area (Å²) in [6.45, 7) is 0.968. The Morgan fingerprint density at radius 1 is 1.00 bits per heavy atom. The van der Waals surface area contributed by atoms with Gasteiger partial charge in [-0.25, -0.2) is 0 Å². The van der Waals surface area contributed by atoms with Crippen molar-refractivity contribution in [1.82, 2.24) is 10.1 Å². The van der Waals surface area contributed by atoms with Crippen molar-refractivity contribution in [2.24, 2.45) is 0 Å². The van der Waals surface area contributed by atoms with Gasteiger partial charge in [-0.1, -0.05) is 65.8 Å². The van der Waals surface area contributed by atoms with Crippen LogP contribution in [0.5, 0.6) is 0 Å². The average molecular weight is 348 g/mol. The van der Waals surface area contributed by atoms with Crippen LogP contribution in [0, 0.1) is 0 Å². The van der Waals surface area contributed by atoms with E-state index in [1.54, 1.807) is 11.0 Å². The standard InChI is InChI=1S/C21H20N2O3/c24-20(18-15-19(26-22-18)16-7-3-1-4-8-16)23-13-11-21(25,12-14-23)17-9-5-2-6-10-17/h1-10,15,25H,11-14H2. The summed E-state index contributed by atoms with van der Waals surface area (Å²) in [6.07, 6.45) is 1.01. The number of likely N-dealkylation sites (tertiary alicyclic amines) is 1. The van der Waals surface area contributed by atoms with Gasteiger partial charge in [0.1, 0.15) is 0 Å². The van der Waals surface area contributed by atoms with Crippen LogP contribution in [0.2, 0.25) is 0 Å². The summed E-state index contributed by atoms with van der Waals surface area (Å²) in [4.78, 5) is 14.4. The summed E-state index contributed by atoms with van der Waals surface area (Å²) in [5, 5.41) is 14.8. The summed E-state index contributed by atoms with van der Waals surface area (Å²) < 4.78 is 5.33. The lowest BCUT2D eigenvalue weighted by molar-refractivity contribution is -0.0213. The molecule has 0 radical (unpaired) electrons. The van der Waals surface area contributed by atoms with Crippen molar-refractivity contribution >= 4 is 5.91 Å². The summed E-state index contributed by atoms with van der Waals surface area (Å²) in [5.74, 6) is 0.415. The predicted octanol–water partition coefficient (Wildman–Crippen LogP) is 3.47. The van der Waals surface area contributed by atoms with Gasteiger partial charge in [0.15, 0.2) is 11.5 Å². The Kier molecular flexibility index (Phi) is 4.31. The van der Waals surface area contributed by atoms with Gasteiger partial charge < -0.3 is 14.5 Å². The summed E-state index contributed by atoms with van der Waals surface area (Å²) >= 11 is 0. The van der Waals surface area contributed by atoms with E-state index in [-0.39, 0.29) is 5.91 Å². The molecule has 1 aliphatic heterocycles. The van der Waals surface area contributed by atoms with Crippen LogP contribution in [0.1, 0.15) is 28.9 Å². The third kappa shape index (κ3) is 3.13. The second-order valence-corrected chi connectivity index (χ2v) is 6.63. The molecule has 5 heteroatoms. The number of rotatable bonds is 3. The van der Waals surface area contributed by atoms with Gasteiger partial charge in [-0.3, -0.25) is 4.79 Å². The summed E-state index contributed by atoms with van der Waals surface area (Å²) in [7, 11) is 0. The number of nitrogens with zero attached hydrogens (tertiary/aromatic N) is 2. The smallest absolute Gasteiger partial charge is 0.276 e. The van der Waals surface area contributed by atoms with Crippen LogP contribution in [-0.4, -0.2) is 34.2 Å². The molecule has 5 nitrogen and oxygen atoms in total. The molecule has 3 aromatic rings. The second kappa shape index (κ2) is 6.77. The van der Waals surface area contributed by atoms with Crippen LogP contribution in [-0.2, 0) is 5.60 Å². The molecule has 1 amide bonds. The van der Waals surface area contributed by atoms with E-state index in [0.717, 1.165) is 11.1 Å². The Hall–Kier alpha value is -2.92. The fourth-order valence-electron chi connectivity index (χ4n) is 3.39. The van der Waals surface area contributed by atoms with Gasteiger partial charge in [-0.15, -0.1) is 0 Å². The monoisotopic (exact) mass is 348 g/mol. The normalized spacial score (nSPS) is 16.4. The molecule has 0 atom stereocenters. The molecule has 1 N–H and O–H groups in total. The maximum atomic E-state index is 12.7. The molecule has 0 bridgehead atoms.